The molecule has 25 heavy (non-hydrogen) atoms. The van der Waals surface area contributed by atoms with Gasteiger partial charge in [0, 0.05) is 0 Å². The van der Waals surface area contributed by atoms with Crippen molar-refractivity contribution in [2.24, 2.45) is 0 Å². The van der Waals surface area contributed by atoms with E-state index in [0.29, 0.717) is 12.2 Å². The molecule has 2 aromatic carbocycles. The average Bonchev–Trinajstić information content (AvgIpc) is 3.37. The topological polar surface area (TPSA) is 76.1 Å². The van der Waals surface area contributed by atoms with E-state index < -0.39 is 17.7 Å². The molecule has 1 aliphatic carbocycles. The fourth-order valence-corrected chi connectivity index (χ4v) is 2.99. The maximum absolute atomic E-state index is 12.6. The number of rotatable bonds is 3. The summed E-state index contributed by atoms with van der Waals surface area (Å²) < 4.78 is 11.4. The van der Waals surface area contributed by atoms with Gasteiger partial charge in [-0.3, -0.25) is 4.90 Å². The van der Waals surface area contributed by atoms with Crippen LogP contribution in [0.3, 0.4) is 0 Å². The fourth-order valence-electron chi connectivity index (χ4n) is 2.99. The van der Waals surface area contributed by atoms with Gasteiger partial charge in [0.2, 0.25) is 0 Å². The van der Waals surface area contributed by atoms with Crippen molar-refractivity contribution < 1.29 is 24.2 Å². The van der Waals surface area contributed by atoms with Crippen LogP contribution >= 0.6 is 0 Å². The van der Waals surface area contributed by atoms with Gasteiger partial charge in [0.05, 0.1) is 12.2 Å². The zero-order chi connectivity index (χ0) is 17.4. The summed E-state index contributed by atoms with van der Waals surface area (Å²) in [5.41, 5.74) is 0.911. The van der Waals surface area contributed by atoms with Crippen LogP contribution in [0.15, 0.2) is 48.5 Å². The Morgan fingerprint density at radius 1 is 1.12 bits per heavy atom. The highest BCUT2D eigenvalue weighted by molar-refractivity contribution is 5.98. The lowest BCUT2D eigenvalue weighted by Gasteiger charge is -2.35. The second-order valence-electron chi connectivity index (χ2n) is 6.37. The first-order chi connectivity index (χ1) is 12.1. The number of carbonyl (C=O) groups excluding carboxylic acids is 1. The molecular formula is C19H17NO5. The Morgan fingerprint density at radius 2 is 1.88 bits per heavy atom. The van der Waals surface area contributed by atoms with Crippen LogP contribution in [0.1, 0.15) is 28.8 Å². The number of fused-ring (bicyclic) bond motifs is 1. The summed E-state index contributed by atoms with van der Waals surface area (Å²) in [5.74, 6) is -0.831. The van der Waals surface area contributed by atoms with Gasteiger partial charge in [-0.25, -0.2) is 9.59 Å². The number of amides is 1. The van der Waals surface area contributed by atoms with Crippen molar-refractivity contribution in [2.45, 2.75) is 25.0 Å². The highest BCUT2D eigenvalue weighted by atomic mass is 16.6. The number of carbonyl (C=O) groups is 2. The van der Waals surface area contributed by atoms with Gasteiger partial charge in [-0.05, 0) is 30.5 Å². The zero-order valence-corrected chi connectivity index (χ0v) is 13.5. The number of para-hydroxylation sites is 1. The molecule has 128 valence electrons. The van der Waals surface area contributed by atoms with Crippen molar-refractivity contribution in [3.8, 4) is 5.75 Å². The number of hydrogen-bond donors (Lipinski definition) is 1. The molecule has 2 aromatic rings. The highest BCUT2D eigenvalue weighted by Crippen LogP contribution is 2.49. The second kappa shape index (κ2) is 5.81. The molecule has 0 unspecified atom stereocenters. The maximum atomic E-state index is 12.6. The molecule has 1 saturated carbocycles. The lowest BCUT2D eigenvalue weighted by molar-refractivity contribution is 0.0684. The van der Waals surface area contributed by atoms with Crippen LogP contribution < -0.4 is 9.64 Å². The smallest absolute Gasteiger partial charge is 0.414 e. The Morgan fingerprint density at radius 3 is 2.56 bits per heavy atom. The fraction of sp³-hybridized carbons (Fsp3) is 0.263. The normalized spacial score (nSPS) is 16.7. The van der Waals surface area contributed by atoms with Crippen LogP contribution in [0.2, 0.25) is 0 Å². The Balaban J connectivity index is 1.61. The summed E-state index contributed by atoms with van der Waals surface area (Å²) >= 11 is 0. The summed E-state index contributed by atoms with van der Waals surface area (Å²) in [6.07, 6.45) is 1.09. The SMILES string of the molecule is O=C(O)c1cccc2c1OC1(CC1)CN2C(=O)OCc1ccccc1. The Kier molecular flexibility index (Phi) is 3.60. The molecule has 6 nitrogen and oxygen atoms in total. The quantitative estimate of drug-likeness (QED) is 0.927. The minimum atomic E-state index is -1.08. The Labute approximate surface area is 144 Å². The molecule has 0 bridgehead atoms. The van der Waals surface area contributed by atoms with Crippen molar-refractivity contribution in [1.29, 1.82) is 0 Å². The summed E-state index contributed by atoms with van der Waals surface area (Å²) in [6.45, 7) is 0.536. The minimum absolute atomic E-state index is 0.0596. The van der Waals surface area contributed by atoms with Crippen LogP contribution in [0.25, 0.3) is 0 Å². The molecule has 1 fully saturated rings. The van der Waals surface area contributed by atoms with Crippen molar-refractivity contribution in [1.82, 2.24) is 0 Å². The van der Waals surface area contributed by atoms with Gasteiger partial charge in [-0.2, -0.15) is 0 Å². The number of carboxylic acids is 1. The lowest BCUT2D eigenvalue weighted by atomic mass is 10.1. The van der Waals surface area contributed by atoms with E-state index in [4.69, 9.17) is 9.47 Å². The molecule has 0 radical (unpaired) electrons. The summed E-state index contributed by atoms with van der Waals surface area (Å²) in [7, 11) is 0. The lowest BCUT2D eigenvalue weighted by Crippen LogP contribution is -2.45. The average molecular weight is 339 g/mol. The van der Waals surface area contributed by atoms with E-state index in [0.717, 1.165) is 18.4 Å². The number of hydrogen-bond acceptors (Lipinski definition) is 4. The summed E-state index contributed by atoms with van der Waals surface area (Å²) in [4.78, 5) is 25.6. The Bertz CT molecular complexity index is 829. The molecular weight excluding hydrogens is 322 g/mol. The molecule has 1 spiro atoms. The van der Waals surface area contributed by atoms with Gasteiger partial charge < -0.3 is 14.6 Å². The number of anilines is 1. The summed E-state index contributed by atoms with van der Waals surface area (Å²) in [5, 5.41) is 9.39. The van der Waals surface area contributed by atoms with Crippen LogP contribution in [-0.4, -0.2) is 29.3 Å². The van der Waals surface area contributed by atoms with Crippen LogP contribution in [0.4, 0.5) is 10.5 Å². The zero-order valence-electron chi connectivity index (χ0n) is 13.5. The second-order valence-corrected chi connectivity index (χ2v) is 6.37. The third kappa shape index (κ3) is 2.91. The van der Waals surface area contributed by atoms with Crippen LogP contribution in [0, 0.1) is 0 Å². The van der Waals surface area contributed by atoms with E-state index in [1.165, 1.54) is 11.0 Å². The molecule has 4 rings (SSSR count). The first kappa shape index (κ1) is 15.5. The third-order valence-corrected chi connectivity index (χ3v) is 4.51. The molecule has 2 aliphatic rings. The third-order valence-electron chi connectivity index (χ3n) is 4.51. The van der Waals surface area contributed by atoms with E-state index in [1.807, 2.05) is 30.3 Å². The van der Waals surface area contributed by atoms with E-state index in [1.54, 1.807) is 12.1 Å². The van der Waals surface area contributed by atoms with Crippen LogP contribution in [-0.2, 0) is 11.3 Å². The van der Waals surface area contributed by atoms with E-state index in [2.05, 4.69) is 0 Å². The molecule has 0 aromatic heterocycles. The molecule has 1 N–H and O–H groups in total. The first-order valence-electron chi connectivity index (χ1n) is 8.12. The number of aromatic carboxylic acids is 1. The number of carboxylic acid groups (broad SMARTS) is 1. The standard InChI is InChI=1S/C19H17NO5/c21-17(22)14-7-4-8-15-16(14)25-19(9-10-19)12-20(15)18(23)24-11-13-5-2-1-3-6-13/h1-8H,9-12H2,(H,21,22). The summed E-state index contributed by atoms with van der Waals surface area (Å²) in [6, 6.07) is 14.2. The molecule has 0 saturated heterocycles. The van der Waals surface area contributed by atoms with Crippen molar-refractivity contribution in [3.63, 3.8) is 0 Å². The van der Waals surface area contributed by atoms with Crippen LogP contribution in [0.5, 0.6) is 5.75 Å². The molecule has 6 heteroatoms. The monoisotopic (exact) mass is 339 g/mol. The number of nitrogens with zero attached hydrogens (tertiary/aromatic N) is 1. The van der Waals surface area contributed by atoms with Gasteiger partial charge in [-0.1, -0.05) is 36.4 Å². The molecule has 1 aliphatic heterocycles. The maximum Gasteiger partial charge on any atom is 0.414 e. The van der Waals surface area contributed by atoms with Gasteiger partial charge in [0.15, 0.2) is 5.75 Å². The van der Waals surface area contributed by atoms with Gasteiger partial charge in [0.25, 0.3) is 0 Å². The predicted molar refractivity (Wildman–Crippen MR) is 90.0 cm³/mol. The van der Waals surface area contributed by atoms with Crippen molar-refractivity contribution in [2.75, 3.05) is 11.4 Å². The Hall–Kier alpha value is -3.02. The molecule has 1 heterocycles. The van der Waals surface area contributed by atoms with Crippen molar-refractivity contribution in [3.05, 3.63) is 59.7 Å². The largest absolute Gasteiger partial charge is 0.482 e. The first-order valence-corrected chi connectivity index (χ1v) is 8.12. The minimum Gasteiger partial charge on any atom is -0.482 e. The van der Waals surface area contributed by atoms with Gasteiger partial charge in [0.1, 0.15) is 17.8 Å². The van der Waals surface area contributed by atoms with E-state index >= 15 is 0 Å². The predicted octanol–water partition coefficient (Wildman–Crippen LogP) is 3.45. The number of benzene rings is 2. The van der Waals surface area contributed by atoms with E-state index in [9.17, 15) is 14.7 Å². The van der Waals surface area contributed by atoms with E-state index in [-0.39, 0.29) is 17.9 Å². The van der Waals surface area contributed by atoms with Gasteiger partial charge >= 0.3 is 12.1 Å². The number of ether oxygens (including phenoxy) is 2. The molecule has 1 amide bonds. The molecule has 0 atom stereocenters. The highest BCUT2D eigenvalue weighted by Gasteiger charge is 2.52. The van der Waals surface area contributed by atoms with Gasteiger partial charge in [-0.15, -0.1) is 0 Å². The van der Waals surface area contributed by atoms with Crippen molar-refractivity contribution >= 4 is 17.7 Å².